The van der Waals surface area contributed by atoms with Gasteiger partial charge in [-0.2, -0.15) is 4.98 Å². The van der Waals surface area contributed by atoms with Gasteiger partial charge in [0.2, 0.25) is 11.9 Å². The molecule has 0 saturated carbocycles. The number of amides is 1. The number of halogens is 1. The van der Waals surface area contributed by atoms with Gasteiger partial charge in [0.05, 0.1) is 4.34 Å². The fraction of sp³-hybridized carbons (Fsp3) is 0.143. The minimum absolute atomic E-state index is 0.143. The van der Waals surface area contributed by atoms with Crippen LogP contribution in [0.4, 0.5) is 5.95 Å². The van der Waals surface area contributed by atoms with Crippen molar-refractivity contribution in [3.8, 4) is 11.5 Å². The van der Waals surface area contributed by atoms with E-state index in [-0.39, 0.29) is 11.9 Å². The molecule has 6 nitrogen and oxygen atoms in total. The summed E-state index contributed by atoms with van der Waals surface area (Å²) in [6.45, 7) is 0. The van der Waals surface area contributed by atoms with Gasteiger partial charge in [0.1, 0.15) is 5.69 Å². The Morgan fingerprint density at radius 1 is 1.32 bits per heavy atom. The van der Waals surface area contributed by atoms with Crippen LogP contribution in [0.25, 0.3) is 11.5 Å². The highest BCUT2D eigenvalue weighted by Gasteiger charge is 2.10. The first-order valence-electron chi connectivity index (χ1n) is 6.58. The van der Waals surface area contributed by atoms with E-state index in [9.17, 15) is 4.79 Å². The van der Waals surface area contributed by atoms with Crippen molar-refractivity contribution in [2.45, 2.75) is 12.8 Å². The van der Waals surface area contributed by atoms with Crippen molar-refractivity contribution in [1.29, 1.82) is 0 Å². The Kier molecular flexibility index (Phi) is 4.45. The second-order valence-corrected chi connectivity index (χ2v) is 6.28. The van der Waals surface area contributed by atoms with E-state index < -0.39 is 0 Å². The van der Waals surface area contributed by atoms with Crippen LogP contribution in [0.5, 0.6) is 0 Å². The predicted octanol–water partition coefficient (Wildman–Crippen LogP) is 3.15. The Morgan fingerprint density at radius 3 is 2.95 bits per heavy atom. The lowest BCUT2D eigenvalue weighted by molar-refractivity contribution is -0.116. The smallest absolute Gasteiger partial charge is 0.249 e. The topological polar surface area (TPSA) is 83.6 Å². The van der Waals surface area contributed by atoms with Crippen molar-refractivity contribution in [1.82, 2.24) is 20.2 Å². The lowest BCUT2D eigenvalue weighted by atomic mass is 10.2. The average Bonchev–Trinajstić information content (AvgIpc) is 3.15. The SMILES string of the molecule is O=C(CCc1ccc(Cl)s1)Nc1n[nH]c(-c2ccccn2)n1. The molecule has 3 heterocycles. The highest BCUT2D eigenvalue weighted by Crippen LogP contribution is 2.22. The van der Waals surface area contributed by atoms with Crippen LogP contribution >= 0.6 is 22.9 Å². The van der Waals surface area contributed by atoms with Crippen LogP contribution in [-0.4, -0.2) is 26.1 Å². The highest BCUT2D eigenvalue weighted by atomic mass is 35.5. The second kappa shape index (κ2) is 6.67. The molecule has 1 amide bonds. The van der Waals surface area contributed by atoms with Crippen LogP contribution in [0.3, 0.4) is 0 Å². The van der Waals surface area contributed by atoms with E-state index in [0.717, 1.165) is 9.21 Å². The largest absolute Gasteiger partial charge is 0.293 e. The third kappa shape index (κ3) is 3.69. The number of aromatic nitrogens is 4. The minimum Gasteiger partial charge on any atom is -0.293 e. The highest BCUT2D eigenvalue weighted by molar-refractivity contribution is 7.16. The number of thiophene rings is 1. The molecule has 0 aromatic carbocycles. The lowest BCUT2D eigenvalue weighted by Crippen LogP contribution is -2.13. The number of nitrogens with one attached hydrogen (secondary N) is 2. The summed E-state index contributed by atoms with van der Waals surface area (Å²) in [5.41, 5.74) is 0.670. The van der Waals surface area contributed by atoms with E-state index in [1.165, 1.54) is 11.3 Å². The summed E-state index contributed by atoms with van der Waals surface area (Å²) in [5.74, 6) is 0.617. The zero-order valence-electron chi connectivity index (χ0n) is 11.4. The molecule has 0 radical (unpaired) electrons. The van der Waals surface area contributed by atoms with Crippen molar-refractivity contribution in [2.75, 3.05) is 5.32 Å². The monoisotopic (exact) mass is 333 g/mol. The maximum Gasteiger partial charge on any atom is 0.249 e. The standard InChI is InChI=1S/C14H12ClN5OS/c15-11-6-4-9(22-11)5-7-12(21)17-14-18-13(19-20-14)10-3-1-2-8-16-10/h1-4,6,8H,5,7H2,(H2,17,18,19,20,21). The number of aryl methyl sites for hydroxylation is 1. The average molecular weight is 334 g/mol. The predicted molar refractivity (Wildman–Crippen MR) is 85.9 cm³/mol. The van der Waals surface area contributed by atoms with E-state index in [4.69, 9.17) is 11.6 Å². The summed E-state index contributed by atoms with van der Waals surface area (Å²) < 4.78 is 0.726. The number of nitrogens with zero attached hydrogens (tertiary/aromatic N) is 3. The number of H-pyrrole nitrogens is 1. The third-order valence-corrected chi connectivity index (χ3v) is 4.16. The van der Waals surface area contributed by atoms with Gasteiger partial charge in [0.25, 0.3) is 0 Å². The van der Waals surface area contributed by atoms with E-state index in [0.29, 0.717) is 24.4 Å². The molecule has 0 bridgehead atoms. The normalized spacial score (nSPS) is 10.6. The van der Waals surface area contributed by atoms with Gasteiger partial charge in [0.15, 0.2) is 5.82 Å². The van der Waals surface area contributed by atoms with Gasteiger partial charge in [-0.25, -0.2) is 0 Å². The third-order valence-electron chi connectivity index (χ3n) is 2.87. The second-order valence-electron chi connectivity index (χ2n) is 4.48. The summed E-state index contributed by atoms with van der Waals surface area (Å²) in [4.78, 5) is 21.3. The molecule has 0 saturated heterocycles. The van der Waals surface area contributed by atoms with Crippen molar-refractivity contribution in [3.05, 3.63) is 45.7 Å². The van der Waals surface area contributed by atoms with Gasteiger partial charge in [-0.1, -0.05) is 17.7 Å². The molecule has 0 aliphatic heterocycles. The number of hydrogen-bond donors (Lipinski definition) is 2. The van der Waals surface area contributed by atoms with Gasteiger partial charge in [-0.05, 0) is 30.7 Å². The molecule has 0 spiro atoms. The van der Waals surface area contributed by atoms with Crippen LogP contribution in [0.1, 0.15) is 11.3 Å². The number of hydrogen-bond acceptors (Lipinski definition) is 5. The van der Waals surface area contributed by atoms with Crippen LogP contribution in [0.2, 0.25) is 4.34 Å². The number of aromatic amines is 1. The summed E-state index contributed by atoms with van der Waals surface area (Å²) in [5, 5.41) is 9.38. The number of anilines is 1. The van der Waals surface area contributed by atoms with Crippen molar-refractivity contribution >= 4 is 34.8 Å². The number of carbonyl (C=O) groups excluding carboxylic acids is 1. The summed E-state index contributed by atoms with van der Waals surface area (Å²) in [6.07, 6.45) is 2.66. The van der Waals surface area contributed by atoms with Crippen LogP contribution in [0.15, 0.2) is 36.5 Å². The zero-order valence-corrected chi connectivity index (χ0v) is 13.0. The summed E-state index contributed by atoms with van der Waals surface area (Å²) in [6, 6.07) is 9.24. The molecule has 3 aromatic rings. The Bertz CT molecular complexity index is 770. The van der Waals surface area contributed by atoms with Crippen LogP contribution in [-0.2, 0) is 11.2 Å². The van der Waals surface area contributed by atoms with Crippen molar-refractivity contribution in [3.63, 3.8) is 0 Å². The summed E-state index contributed by atoms with van der Waals surface area (Å²) in [7, 11) is 0. The summed E-state index contributed by atoms with van der Waals surface area (Å²) >= 11 is 7.33. The maximum atomic E-state index is 11.9. The fourth-order valence-electron chi connectivity index (χ4n) is 1.85. The first kappa shape index (κ1) is 14.7. The van der Waals surface area contributed by atoms with Gasteiger partial charge < -0.3 is 0 Å². The Morgan fingerprint density at radius 2 is 2.23 bits per heavy atom. The molecule has 0 aliphatic carbocycles. The Balaban J connectivity index is 1.57. The van der Waals surface area contributed by atoms with Gasteiger partial charge in [0, 0.05) is 17.5 Å². The Hall–Kier alpha value is -2.25. The van der Waals surface area contributed by atoms with Gasteiger partial charge in [-0.15, -0.1) is 16.4 Å². The van der Waals surface area contributed by atoms with Crippen LogP contribution in [0, 0.1) is 0 Å². The first-order chi connectivity index (χ1) is 10.7. The van der Waals surface area contributed by atoms with Gasteiger partial charge in [-0.3, -0.25) is 20.2 Å². The van der Waals surface area contributed by atoms with E-state index in [1.807, 2.05) is 30.3 Å². The zero-order chi connectivity index (χ0) is 15.4. The molecule has 3 aromatic heterocycles. The molecule has 8 heteroatoms. The molecule has 0 unspecified atom stereocenters. The van der Waals surface area contributed by atoms with E-state index in [1.54, 1.807) is 6.20 Å². The molecule has 112 valence electrons. The molecule has 3 rings (SSSR count). The number of carbonyl (C=O) groups is 1. The quantitative estimate of drug-likeness (QED) is 0.751. The van der Waals surface area contributed by atoms with Gasteiger partial charge >= 0.3 is 0 Å². The molecule has 0 aliphatic rings. The minimum atomic E-state index is -0.143. The fourth-order valence-corrected chi connectivity index (χ4v) is 2.93. The van der Waals surface area contributed by atoms with Crippen LogP contribution < -0.4 is 5.32 Å². The lowest BCUT2D eigenvalue weighted by Gasteiger charge is -1.99. The maximum absolute atomic E-state index is 11.9. The molecular weight excluding hydrogens is 322 g/mol. The Labute approximate surface area is 135 Å². The number of rotatable bonds is 5. The van der Waals surface area contributed by atoms with E-state index in [2.05, 4.69) is 25.5 Å². The molecule has 22 heavy (non-hydrogen) atoms. The van der Waals surface area contributed by atoms with Crippen molar-refractivity contribution < 1.29 is 4.79 Å². The van der Waals surface area contributed by atoms with Crippen molar-refractivity contribution in [2.24, 2.45) is 0 Å². The van der Waals surface area contributed by atoms with E-state index >= 15 is 0 Å². The molecule has 2 N–H and O–H groups in total. The number of pyridine rings is 1. The molecule has 0 fully saturated rings. The molecular formula is C14H12ClN5OS. The molecule has 0 atom stereocenters. The first-order valence-corrected chi connectivity index (χ1v) is 7.78.